The average Bonchev–Trinajstić information content (AvgIpc) is 2.57. The predicted octanol–water partition coefficient (Wildman–Crippen LogP) is 6.35. The lowest BCUT2D eigenvalue weighted by Gasteiger charge is -2.37. The van der Waals surface area contributed by atoms with Crippen LogP contribution in [0.5, 0.6) is 0 Å². The van der Waals surface area contributed by atoms with E-state index in [2.05, 4.69) is 19.6 Å². The van der Waals surface area contributed by atoms with Gasteiger partial charge in [0.1, 0.15) is 0 Å². The zero-order valence-electron chi connectivity index (χ0n) is 21.3. The number of carbonyl (C=O) groups excluding carboxylic acids is 1. The fourth-order valence-electron chi connectivity index (χ4n) is 2.03. The zero-order valence-corrected chi connectivity index (χ0v) is 21.3. The second kappa shape index (κ2) is 12.9. The van der Waals surface area contributed by atoms with Crippen LogP contribution in [-0.2, 0) is 39.1 Å². The Balaban J connectivity index is 0.000000615. The third kappa shape index (κ3) is 18.3. The van der Waals surface area contributed by atoms with Gasteiger partial charge in [-0.1, -0.05) is 6.42 Å². The first-order valence-corrected chi connectivity index (χ1v) is 10.9. The number of hydrogen-bond acceptors (Lipinski definition) is 9. The van der Waals surface area contributed by atoms with E-state index in [9.17, 15) is 4.79 Å². The second-order valence-corrected chi connectivity index (χ2v) is 10.8. The lowest BCUT2D eigenvalue weighted by atomic mass is 9.94. The minimum atomic E-state index is -0.917. The average molecular weight is 453 g/mol. The maximum absolute atomic E-state index is 10.7. The molecule has 0 N–H and O–H groups in total. The molecule has 0 spiro atoms. The van der Waals surface area contributed by atoms with Crippen molar-refractivity contribution in [2.75, 3.05) is 0 Å². The van der Waals surface area contributed by atoms with E-state index in [-0.39, 0.29) is 17.3 Å². The van der Waals surface area contributed by atoms with Crippen LogP contribution in [0.3, 0.4) is 0 Å². The summed E-state index contributed by atoms with van der Waals surface area (Å²) in [6.07, 6.45) is 3.80. The van der Waals surface area contributed by atoms with Gasteiger partial charge in [0, 0.05) is 12.8 Å². The number of hydrogen-bond donors (Lipinski definition) is 0. The van der Waals surface area contributed by atoms with Crippen molar-refractivity contribution in [3.63, 3.8) is 0 Å². The normalized spacial score (nSPS) is 17.0. The van der Waals surface area contributed by atoms with Crippen molar-refractivity contribution in [3.05, 3.63) is 0 Å². The molecule has 0 aromatic heterocycles. The maximum atomic E-state index is 10.7. The Morgan fingerprint density at radius 1 is 0.710 bits per heavy atom. The molecule has 186 valence electrons. The number of rotatable bonds is 7. The van der Waals surface area contributed by atoms with E-state index in [1.165, 1.54) is 6.42 Å². The molecule has 9 nitrogen and oxygen atoms in total. The summed E-state index contributed by atoms with van der Waals surface area (Å²) in [5.74, 6) is -0.751. The molecular weight excluding hydrogens is 408 g/mol. The van der Waals surface area contributed by atoms with E-state index >= 15 is 0 Å². The summed E-state index contributed by atoms with van der Waals surface area (Å²) in [5.41, 5.74) is -1.23. The number of carbonyl (C=O) groups is 1. The van der Waals surface area contributed by atoms with Gasteiger partial charge in [0.05, 0.1) is 22.9 Å². The van der Waals surface area contributed by atoms with Gasteiger partial charge in [-0.15, -0.1) is 0 Å². The van der Waals surface area contributed by atoms with Crippen LogP contribution < -0.4 is 0 Å². The van der Waals surface area contributed by atoms with Crippen LogP contribution in [0.1, 0.15) is 108 Å². The highest BCUT2D eigenvalue weighted by atomic mass is 17.5. The van der Waals surface area contributed by atoms with Gasteiger partial charge in [-0.2, -0.15) is 14.7 Å². The molecule has 1 rings (SSSR count). The van der Waals surface area contributed by atoms with Crippen LogP contribution in [0.4, 0.5) is 4.79 Å². The van der Waals surface area contributed by atoms with Crippen molar-refractivity contribution in [1.29, 1.82) is 0 Å². The lowest BCUT2D eigenvalue weighted by molar-refractivity contribution is -0.545. The topological polar surface area (TPSA) is 90.9 Å². The summed E-state index contributed by atoms with van der Waals surface area (Å²) < 4.78 is 4.60. The highest BCUT2D eigenvalue weighted by Crippen LogP contribution is 2.35. The zero-order chi connectivity index (χ0) is 24.3. The SMILES string of the molecule is CC(C)(C)OOC1(OOC(C)(C)C)CCCCC1.CC(C)OC(=O)OOOC(C)(C)C. The Labute approximate surface area is 187 Å². The largest absolute Gasteiger partial charge is 0.542 e. The van der Waals surface area contributed by atoms with Crippen LogP contribution >= 0.6 is 0 Å². The van der Waals surface area contributed by atoms with Crippen molar-refractivity contribution in [2.45, 2.75) is 137 Å². The van der Waals surface area contributed by atoms with Gasteiger partial charge >= 0.3 is 6.16 Å². The Bertz CT molecular complexity index is 473. The van der Waals surface area contributed by atoms with Gasteiger partial charge in [-0.3, -0.25) is 0 Å². The Kier molecular flexibility index (Phi) is 12.5. The molecule has 0 aromatic rings. The highest BCUT2D eigenvalue weighted by Gasteiger charge is 2.39. The van der Waals surface area contributed by atoms with Gasteiger partial charge in [0.25, 0.3) is 0 Å². The molecule has 1 fully saturated rings. The smallest absolute Gasteiger partial charge is 0.430 e. The molecule has 0 atom stereocenters. The van der Waals surface area contributed by atoms with Crippen LogP contribution in [0, 0.1) is 0 Å². The van der Waals surface area contributed by atoms with Gasteiger partial charge < -0.3 is 4.74 Å². The summed E-state index contributed by atoms with van der Waals surface area (Å²) in [6, 6.07) is 0. The van der Waals surface area contributed by atoms with E-state index in [0.717, 1.165) is 25.7 Å². The summed E-state index contributed by atoms with van der Waals surface area (Å²) in [4.78, 5) is 41.5. The van der Waals surface area contributed by atoms with Gasteiger partial charge in [0.2, 0.25) is 5.79 Å². The molecule has 0 saturated heterocycles. The molecule has 1 aliphatic carbocycles. The molecule has 0 amide bonds. The van der Waals surface area contributed by atoms with Crippen molar-refractivity contribution in [1.82, 2.24) is 0 Å². The van der Waals surface area contributed by atoms with E-state index < -0.39 is 17.5 Å². The third-order valence-electron chi connectivity index (χ3n) is 3.22. The lowest BCUT2D eigenvalue weighted by Crippen LogP contribution is -2.42. The minimum Gasteiger partial charge on any atom is -0.430 e. The maximum Gasteiger partial charge on any atom is 0.542 e. The second-order valence-electron chi connectivity index (χ2n) is 10.8. The molecule has 0 aliphatic heterocycles. The first kappa shape index (κ1) is 30.0. The molecule has 0 heterocycles. The Morgan fingerprint density at radius 3 is 1.48 bits per heavy atom. The van der Waals surface area contributed by atoms with Crippen LogP contribution in [0.2, 0.25) is 0 Å². The standard InChI is InChI=1S/C14H28O4.C8H16O5/c1-12(2,3)15-17-14(10-8-7-9-11-14)18-16-13(4,5)6;1-6(2)10-7(9)11-13-12-8(3,4)5/h7-11H2,1-6H3;6H,1-5H3. The van der Waals surface area contributed by atoms with Crippen LogP contribution in [0.25, 0.3) is 0 Å². The molecule has 1 saturated carbocycles. The molecule has 0 bridgehead atoms. The predicted molar refractivity (Wildman–Crippen MR) is 114 cm³/mol. The van der Waals surface area contributed by atoms with Gasteiger partial charge in [0.15, 0.2) is 0 Å². The quantitative estimate of drug-likeness (QED) is 0.190. The number of ether oxygens (including phenoxy) is 1. The summed E-state index contributed by atoms with van der Waals surface area (Å²) in [6.45, 7) is 20.4. The molecule has 1 aliphatic rings. The molecule has 31 heavy (non-hydrogen) atoms. The monoisotopic (exact) mass is 452 g/mol. The third-order valence-corrected chi connectivity index (χ3v) is 3.22. The Morgan fingerprint density at radius 2 is 1.13 bits per heavy atom. The van der Waals surface area contributed by atoms with E-state index in [4.69, 9.17) is 19.6 Å². The summed E-state index contributed by atoms with van der Waals surface area (Å²) >= 11 is 0. The summed E-state index contributed by atoms with van der Waals surface area (Å²) in [7, 11) is 0. The molecule has 0 radical (unpaired) electrons. The van der Waals surface area contributed by atoms with Gasteiger partial charge in [-0.05, 0) is 94.0 Å². The first-order chi connectivity index (χ1) is 13.9. The van der Waals surface area contributed by atoms with E-state index in [1.54, 1.807) is 34.6 Å². The fourth-order valence-corrected chi connectivity index (χ4v) is 2.03. The first-order valence-electron chi connectivity index (χ1n) is 10.9. The molecule has 0 unspecified atom stereocenters. The molecular formula is C22H44O9. The fraction of sp³-hybridized carbons (Fsp3) is 0.955. The van der Waals surface area contributed by atoms with Crippen LogP contribution in [0.15, 0.2) is 0 Å². The van der Waals surface area contributed by atoms with E-state index in [0.29, 0.717) is 0 Å². The van der Waals surface area contributed by atoms with Crippen molar-refractivity contribution in [3.8, 4) is 0 Å². The van der Waals surface area contributed by atoms with Crippen molar-refractivity contribution >= 4 is 6.16 Å². The Hall–Kier alpha value is -0.970. The van der Waals surface area contributed by atoms with Crippen molar-refractivity contribution < 1.29 is 43.9 Å². The van der Waals surface area contributed by atoms with Crippen molar-refractivity contribution in [2.24, 2.45) is 0 Å². The van der Waals surface area contributed by atoms with Gasteiger partial charge in [-0.25, -0.2) is 19.5 Å². The minimum absolute atomic E-state index is 0.245. The summed E-state index contributed by atoms with van der Waals surface area (Å²) in [5, 5.41) is 4.19. The molecule has 0 aromatic carbocycles. The highest BCUT2D eigenvalue weighted by molar-refractivity contribution is 5.59. The molecule has 9 heteroatoms. The van der Waals surface area contributed by atoms with E-state index in [1.807, 2.05) is 41.5 Å². The van der Waals surface area contributed by atoms with Crippen LogP contribution in [-0.4, -0.2) is 34.8 Å².